The first-order valence-corrected chi connectivity index (χ1v) is 2.75. The standard InChI is InChI=1S/C6H10O3/c1-5(8)3-6(2)9-4-7/h4,6H,3H2,1-2H3. The summed E-state index contributed by atoms with van der Waals surface area (Å²) in [5.41, 5.74) is 0. The highest BCUT2D eigenvalue weighted by molar-refractivity contribution is 5.76. The molecule has 0 aromatic rings. The monoisotopic (exact) mass is 130 g/mol. The Bertz CT molecular complexity index is 109. The molecule has 0 aliphatic heterocycles. The Labute approximate surface area is 54.0 Å². The van der Waals surface area contributed by atoms with Crippen molar-refractivity contribution in [2.24, 2.45) is 0 Å². The van der Waals surface area contributed by atoms with E-state index in [1.54, 1.807) is 6.92 Å². The molecule has 0 radical (unpaired) electrons. The van der Waals surface area contributed by atoms with Gasteiger partial charge in [-0.1, -0.05) is 0 Å². The van der Waals surface area contributed by atoms with Crippen molar-refractivity contribution in [1.29, 1.82) is 0 Å². The molecule has 9 heavy (non-hydrogen) atoms. The Kier molecular flexibility index (Phi) is 3.67. The molecule has 0 aliphatic carbocycles. The second kappa shape index (κ2) is 4.06. The minimum atomic E-state index is -0.278. The van der Waals surface area contributed by atoms with Gasteiger partial charge in [0, 0.05) is 6.42 Å². The van der Waals surface area contributed by atoms with E-state index < -0.39 is 0 Å². The molecule has 0 N–H and O–H groups in total. The van der Waals surface area contributed by atoms with E-state index in [1.807, 2.05) is 0 Å². The maximum Gasteiger partial charge on any atom is 0.293 e. The van der Waals surface area contributed by atoms with Gasteiger partial charge in [-0.05, 0) is 13.8 Å². The van der Waals surface area contributed by atoms with Gasteiger partial charge in [-0.25, -0.2) is 0 Å². The van der Waals surface area contributed by atoms with E-state index in [4.69, 9.17) is 0 Å². The molecule has 0 saturated heterocycles. The summed E-state index contributed by atoms with van der Waals surface area (Å²) in [7, 11) is 0. The number of hydrogen-bond acceptors (Lipinski definition) is 3. The number of ketones is 1. The average molecular weight is 130 g/mol. The zero-order valence-electron chi connectivity index (χ0n) is 5.59. The predicted octanol–water partition coefficient (Wildman–Crippen LogP) is 0.527. The molecule has 1 atom stereocenters. The Morgan fingerprint density at radius 3 is 2.67 bits per heavy atom. The highest BCUT2D eigenvalue weighted by Crippen LogP contribution is 1.94. The van der Waals surface area contributed by atoms with Crippen LogP contribution < -0.4 is 0 Å². The molecule has 3 nitrogen and oxygen atoms in total. The lowest BCUT2D eigenvalue weighted by Crippen LogP contribution is -2.10. The van der Waals surface area contributed by atoms with Crippen LogP contribution in [0.25, 0.3) is 0 Å². The number of rotatable bonds is 4. The quantitative estimate of drug-likeness (QED) is 0.521. The zero-order valence-corrected chi connectivity index (χ0v) is 5.59. The van der Waals surface area contributed by atoms with Crippen molar-refractivity contribution in [3.63, 3.8) is 0 Å². The van der Waals surface area contributed by atoms with Crippen LogP contribution in [-0.2, 0) is 14.3 Å². The summed E-state index contributed by atoms with van der Waals surface area (Å²) in [5, 5.41) is 0. The van der Waals surface area contributed by atoms with Crippen molar-refractivity contribution in [3.8, 4) is 0 Å². The van der Waals surface area contributed by atoms with Crippen LogP contribution in [0.1, 0.15) is 20.3 Å². The van der Waals surface area contributed by atoms with Gasteiger partial charge < -0.3 is 4.74 Å². The molecule has 0 heterocycles. The van der Waals surface area contributed by atoms with E-state index in [0.29, 0.717) is 12.9 Å². The highest BCUT2D eigenvalue weighted by atomic mass is 16.5. The van der Waals surface area contributed by atoms with E-state index >= 15 is 0 Å². The number of ether oxygens (including phenoxy) is 1. The van der Waals surface area contributed by atoms with Crippen molar-refractivity contribution < 1.29 is 14.3 Å². The van der Waals surface area contributed by atoms with Crippen molar-refractivity contribution in [2.75, 3.05) is 0 Å². The Hall–Kier alpha value is -0.860. The third kappa shape index (κ3) is 5.00. The largest absolute Gasteiger partial charge is 0.464 e. The molecule has 0 fully saturated rings. The molecular formula is C6H10O3. The smallest absolute Gasteiger partial charge is 0.293 e. The molecule has 0 aromatic heterocycles. The van der Waals surface area contributed by atoms with Gasteiger partial charge in [-0.2, -0.15) is 0 Å². The molecule has 0 aromatic carbocycles. The highest BCUT2D eigenvalue weighted by Gasteiger charge is 2.03. The third-order valence-corrected chi connectivity index (χ3v) is 0.863. The normalized spacial score (nSPS) is 12.2. The number of carbonyl (C=O) groups is 2. The molecule has 0 bridgehead atoms. The summed E-state index contributed by atoms with van der Waals surface area (Å²) in [6.45, 7) is 3.49. The Balaban J connectivity index is 3.37. The SMILES string of the molecule is CC(=O)CC(C)OC=O. The van der Waals surface area contributed by atoms with E-state index in [9.17, 15) is 9.59 Å². The average Bonchev–Trinajstić information content (AvgIpc) is 1.63. The third-order valence-electron chi connectivity index (χ3n) is 0.863. The van der Waals surface area contributed by atoms with Crippen LogP contribution in [0.3, 0.4) is 0 Å². The summed E-state index contributed by atoms with van der Waals surface area (Å²) in [5.74, 6) is 0.0318. The second-order valence-corrected chi connectivity index (χ2v) is 1.95. The van der Waals surface area contributed by atoms with Crippen molar-refractivity contribution in [2.45, 2.75) is 26.4 Å². The van der Waals surface area contributed by atoms with Crippen molar-refractivity contribution >= 4 is 12.3 Å². The minimum absolute atomic E-state index is 0.0318. The summed E-state index contributed by atoms with van der Waals surface area (Å²) in [6.07, 6.45) is 0.0265. The zero-order chi connectivity index (χ0) is 7.28. The molecule has 0 amide bonds. The molecule has 0 rings (SSSR count). The molecule has 0 saturated carbocycles. The van der Waals surface area contributed by atoms with E-state index in [2.05, 4.69) is 4.74 Å². The van der Waals surface area contributed by atoms with Gasteiger partial charge in [0.1, 0.15) is 11.9 Å². The molecule has 52 valence electrons. The predicted molar refractivity (Wildman–Crippen MR) is 31.9 cm³/mol. The Morgan fingerprint density at radius 1 is 1.78 bits per heavy atom. The Morgan fingerprint density at radius 2 is 2.33 bits per heavy atom. The van der Waals surface area contributed by atoms with Crippen LogP contribution in [0.5, 0.6) is 0 Å². The maximum atomic E-state index is 10.3. The summed E-state index contributed by atoms with van der Waals surface area (Å²) in [4.78, 5) is 20.0. The number of Topliss-reactive ketones (excluding diaryl/α,β-unsaturated/α-hetero) is 1. The fourth-order valence-corrected chi connectivity index (χ4v) is 0.548. The number of hydrogen-bond donors (Lipinski definition) is 0. The summed E-state index contributed by atoms with van der Waals surface area (Å²) in [6, 6.07) is 0. The number of carbonyl (C=O) groups excluding carboxylic acids is 2. The lowest BCUT2D eigenvalue weighted by Gasteiger charge is -2.04. The first kappa shape index (κ1) is 8.14. The second-order valence-electron chi connectivity index (χ2n) is 1.95. The topological polar surface area (TPSA) is 43.4 Å². The van der Waals surface area contributed by atoms with Crippen LogP contribution in [0.15, 0.2) is 0 Å². The van der Waals surface area contributed by atoms with Gasteiger partial charge in [-0.3, -0.25) is 9.59 Å². The summed E-state index contributed by atoms with van der Waals surface area (Å²) >= 11 is 0. The van der Waals surface area contributed by atoms with Gasteiger partial charge in [-0.15, -0.1) is 0 Å². The minimum Gasteiger partial charge on any atom is -0.464 e. The van der Waals surface area contributed by atoms with Gasteiger partial charge >= 0.3 is 0 Å². The van der Waals surface area contributed by atoms with Crippen molar-refractivity contribution in [3.05, 3.63) is 0 Å². The van der Waals surface area contributed by atoms with Gasteiger partial charge in [0.2, 0.25) is 0 Å². The van der Waals surface area contributed by atoms with Crippen LogP contribution in [-0.4, -0.2) is 18.4 Å². The first-order valence-electron chi connectivity index (χ1n) is 2.75. The van der Waals surface area contributed by atoms with E-state index in [0.717, 1.165) is 0 Å². The van der Waals surface area contributed by atoms with E-state index in [1.165, 1.54) is 6.92 Å². The first-order chi connectivity index (χ1) is 4.16. The maximum absolute atomic E-state index is 10.3. The van der Waals surface area contributed by atoms with Gasteiger partial charge in [0.15, 0.2) is 0 Å². The molecule has 0 spiro atoms. The van der Waals surface area contributed by atoms with Gasteiger partial charge in [0.25, 0.3) is 6.47 Å². The summed E-state index contributed by atoms with van der Waals surface area (Å²) < 4.78 is 4.45. The molecule has 0 aliphatic rings. The lowest BCUT2D eigenvalue weighted by molar-refractivity contribution is -0.134. The van der Waals surface area contributed by atoms with Crippen LogP contribution in [0.4, 0.5) is 0 Å². The fraction of sp³-hybridized carbons (Fsp3) is 0.667. The fourth-order valence-electron chi connectivity index (χ4n) is 0.548. The van der Waals surface area contributed by atoms with E-state index in [-0.39, 0.29) is 11.9 Å². The van der Waals surface area contributed by atoms with Gasteiger partial charge in [0.05, 0.1) is 0 Å². The molecule has 1 unspecified atom stereocenters. The van der Waals surface area contributed by atoms with Crippen LogP contribution >= 0.6 is 0 Å². The molecular weight excluding hydrogens is 120 g/mol. The van der Waals surface area contributed by atoms with Crippen LogP contribution in [0.2, 0.25) is 0 Å². The van der Waals surface area contributed by atoms with Crippen LogP contribution in [0, 0.1) is 0 Å². The lowest BCUT2D eigenvalue weighted by atomic mass is 10.2. The molecule has 3 heteroatoms. The van der Waals surface area contributed by atoms with Crippen molar-refractivity contribution in [1.82, 2.24) is 0 Å².